The molecule has 0 saturated carbocycles. The Hall–Kier alpha value is -2.46. The molecule has 0 aliphatic carbocycles. The van der Waals surface area contributed by atoms with Crippen molar-refractivity contribution in [2.45, 2.75) is 0 Å². The Labute approximate surface area is 166 Å². The molecule has 0 nitrogen and oxygen atoms in total. The van der Waals surface area contributed by atoms with E-state index in [0.717, 1.165) is 5.56 Å². The third-order valence-electron chi connectivity index (χ3n) is 5.20. The molecule has 0 aromatic heterocycles. The Morgan fingerprint density at radius 3 is 1.11 bits per heavy atom. The van der Waals surface area contributed by atoms with E-state index in [1.54, 1.807) is 0 Å². The second-order valence-corrected chi connectivity index (χ2v) is 21.5. The van der Waals surface area contributed by atoms with E-state index in [0.29, 0.717) is 0 Å². The molecule has 27 heavy (non-hydrogen) atoms. The van der Waals surface area contributed by atoms with Crippen LogP contribution in [0, 0.1) is 0 Å². The number of hydrogen-bond donors (Lipinski definition) is 0. The molecule has 0 aliphatic heterocycles. The van der Waals surface area contributed by atoms with Crippen LogP contribution in [0.2, 0.25) is 0 Å². The third-order valence-corrected chi connectivity index (χ3v) is 23.8. The Kier molecular flexibility index (Phi) is 5.35. The maximum absolute atomic E-state index is 3.92. The fraction of sp³-hybridized carbons (Fsp3) is 0. The molecule has 0 unspecified atom stereocenters. The van der Waals surface area contributed by atoms with Crippen LogP contribution in [0.4, 0.5) is 0 Å². The van der Waals surface area contributed by atoms with Crippen molar-refractivity contribution in [3.8, 4) is 0 Å². The summed E-state index contributed by atoms with van der Waals surface area (Å²) in [6.45, 7) is 3.92. The van der Waals surface area contributed by atoms with Crippen LogP contribution in [0.3, 0.4) is 0 Å². The van der Waals surface area contributed by atoms with Gasteiger partial charge in [0.2, 0.25) is 0 Å². The van der Waals surface area contributed by atoms with Gasteiger partial charge < -0.3 is 0 Å². The van der Waals surface area contributed by atoms with Crippen LogP contribution in [0.15, 0.2) is 122 Å². The van der Waals surface area contributed by atoms with Gasteiger partial charge >= 0.3 is 167 Å². The molecular formula is C26H22Pb. The molecule has 0 radical (unpaired) electrons. The van der Waals surface area contributed by atoms with Gasteiger partial charge in [-0.05, 0) is 0 Å². The third kappa shape index (κ3) is 3.30. The average molecular weight is 542 g/mol. The van der Waals surface area contributed by atoms with Crippen molar-refractivity contribution in [1.82, 2.24) is 0 Å². The van der Waals surface area contributed by atoms with Crippen molar-refractivity contribution in [3.63, 3.8) is 0 Å². The van der Waals surface area contributed by atoms with Crippen molar-refractivity contribution in [2.75, 3.05) is 0 Å². The van der Waals surface area contributed by atoms with Crippen molar-refractivity contribution < 1.29 is 0 Å². The Morgan fingerprint density at radius 2 is 0.778 bits per heavy atom. The van der Waals surface area contributed by atoms with Gasteiger partial charge in [-0.2, -0.15) is 0 Å². The van der Waals surface area contributed by atoms with Crippen LogP contribution in [-0.2, 0) is 0 Å². The van der Waals surface area contributed by atoms with Crippen LogP contribution in [-0.4, -0.2) is 21.2 Å². The van der Waals surface area contributed by atoms with E-state index >= 15 is 0 Å². The van der Waals surface area contributed by atoms with E-state index in [1.807, 2.05) is 6.08 Å². The second-order valence-electron chi connectivity index (χ2n) is 6.67. The van der Waals surface area contributed by atoms with Gasteiger partial charge in [0.15, 0.2) is 0 Å². The van der Waals surface area contributed by atoms with Crippen LogP contribution < -0.4 is 12.5 Å². The van der Waals surface area contributed by atoms with Crippen molar-refractivity contribution in [2.24, 2.45) is 0 Å². The fourth-order valence-electron chi connectivity index (χ4n) is 3.93. The van der Waals surface area contributed by atoms with Crippen molar-refractivity contribution >= 4 is 39.7 Å². The van der Waals surface area contributed by atoms with Gasteiger partial charge in [0, 0.05) is 0 Å². The molecule has 4 aromatic rings. The SMILES string of the molecule is C=Cc1cc[c]([Pb]([c]2ccccc2)([c]2ccccc2)[c]2ccccc2)cc1. The minimum absolute atomic E-state index is 1.16. The molecule has 0 heterocycles. The van der Waals surface area contributed by atoms with Gasteiger partial charge in [-0.3, -0.25) is 0 Å². The summed E-state index contributed by atoms with van der Waals surface area (Å²) in [6, 6.07) is 42.4. The topological polar surface area (TPSA) is 0 Å². The van der Waals surface area contributed by atoms with E-state index in [4.69, 9.17) is 0 Å². The molecule has 0 fully saturated rings. The molecule has 0 N–H and O–H groups in total. The summed E-state index contributed by atoms with van der Waals surface area (Å²) < 4.78 is 5.91. The molecule has 0 atom stereocenters. The molecule has 4 rings (SSSR count). The van der Waals surface area contributed by atoms with Crippen molar-refractivity contribution in [3.05, 3.63) is 127 Å². The van der Waals surface area contributed by atoms with Gasteiger partial charge in [0.1, 0.15) is 0 Å². The minimum atomic E-state index is -3.57. The number of benzene rings is 4. The summed E-state index contributed by atoms with van der Waals surface area (Å²) >= 11 is -3.57. The van der Waals surface area contributed by atoms with Crippen LogP contribution >= 0.6 is 0 Å². The number of rotatable bonds is 5. The molecule has 130 valence electrons. The van der Waals surface area contributed by atoms with E-state index in [-0.39, 0.29) is 0 Å². The quantitative estimate of drug-likeness (QED) is 0.338. The van der Waals surface area contributed by atoms with Gasteiger partial charge in [-0.25, -0.2) is 0 Å². The molecular weight excluding hydrogens is 519 g/mol. The number of hydrogen-bond acceptors (Lipinski definition) is 0. The van der Waals surface area contributed by atoms with E-state index < -0.39 is 21.2 Å². The molecule has 0 bridgehead atoms. The Bertz CT molecular complexity index is 907. The summed E-state index contributed by atoms with van der Waals surface area (Å²) in [7, 11) is 0. The fourth-order valence-corrected chi connectivity index (χ4v) is 22.4. The molecule has 0 spiro atoms. The van der Waals surface area contributed by atoms with Crippen LogP contribution in [0.1, 0.15) is 5.56 Å². The first-order chi connectivity index (χ1) is 13.4. The first-order valence-electron chi connectivity index (χ1n) is 9.25. The predicted octanol–water partition coefficient (Wildman–Crippen LogP) is 3.71. The summed E-state index contributed by atoms with van der Waals surface area (Å²) in [5.41, 5.74) is 1.16. The van der Waals surface area contributed by atoms with Gasteiger partial charge in [-0.1, -0.05) is 0 Å². The molecule has 0 amide bonds. The zero-order valence-corrected chi connectivity index (χ0v) is 19.1. The van der Waals surface area contributed by atoms with Gasteiger partial charge in [0.05, 0.1) is 0 Å². The summed E-state index contributed by atoms with van der Waals surface area (Å²) in [4.78, 5) is 0. The van der Waals surface area contributed by atoms with Crippen LogP contribution in [0.25, 0.3) is 6.08 Å². The van der Waals surface area contributed by atoms with Gasteiger partial charge in [-0.15, -0.1) is 0 Å². The zero-order chi connectivity index (χ0) is 18.5. The Balaban J connectivity index is 2.10. The normalized spacial score (nSPS) is 11.1. The molecule has 4 aromatic carbocycles. The maximum atomic E-state index is 3.92. The first-order valence-corrected chi connectivity index (χ1v) is 17.0. The molecule has 0 aliphatic rings. The molecule has 1 heteroatoms. The molecule has 0 saturated heterocycles. The van der Waals surface area contributed by atoms with Crippen LogP contribution in [0.5, 0.6) is 0 Å². The van der Waals surface area contributed by atoms with E-state index in [9.17, 15) is 0 Å². The van der Waals surface area contributed by atoms with E-state index in [1.165, 1.54) is 12.5 Å². The second kappa shape index (κ2) is 8.05. The standard InChI is InChI=1S/C8H7.3C6H5.Pb/c1-2-8-6-4-3-5-7-8;3*1-2-4-6-5-3-1;/h2,4-7H,1H2;3*1-5H;. The summed E-state index contributed by atoms with van der Waals surface area (Å²) in [5, 5.41) is 0. The van der Waals surface area contributed by atoms with Crippen molar-refractivity contribution in [1.29, 1.82) is 0 Å². The van der Waals surface area contributed by atoms with Gasteiger partial charge in [0.25, 0.3) is 0 Å². The first kappa shape index (κ1) is 17.9. The Morgan fingerprint density at radius 1 is 0.444 bits per heavy atom. The zero-order valence-electron chi connectivity index (χ0n) is 15.3. The average Bonchev–Trinajstić information content (AvgIpc) is 2.77. The van der Waals surface area contributed by atoms with E-state index in [2.05, 4.69) is 122 Å². The summed E-state index contributed by atoms with van der Waals surface area (Å²) in [5.74, 6) is 0. The monoisotopic (exact) mass is 542 g/mol. The predicted molar refractivity (Wildman–Crippen MR) is 120 cm³/mol. The summed E-state index contributed by atoms with van der Waals surface area (Å²) in [6.07, 6.45) is 1.91.